The Balaban J connectivity index is 2.93. The first-order valence-corrected chi connectivity index (χ1v) is 7.58. The van der Waals surface area contributed by atoms with Crippen LogP contribution in [0.15, 0.2) is 0 Å². The highest BCUT2D eigenvalue weighted by Gasteiger charge is 2.42. The predicted octanol–water partition coefficient (Wildman–Crippen LogP) is 4.86. The van der Waals surface area contributed by atoms with Gasteiger partial charge < -0.3 is 5.32 Å². The Labute approximate surface area is 115 Å². The molecule has 1 aliphatic heterocycles. The first kappa shape index (κ1) is 16.0. The van der Waals surface area contributed by atoms with Crippen molar-refractivity contribution in [1.82, 2.24) is 5.32 Å². The van der Waals surface area contributed by atoms with Crippen LogP contribution in [0.5, 0.6) is 0 Å². The van der Waals surface area contributed by atoms with Crippen LogP contribution in [0.1, 0.15) is 75.2 Å². The summed E-state index contributed by atoms with van der Waals surface area (Å²) in [6, 6.07) is 1.28. The lowest BCUT2D eigenvalue weighted by Crippen LogP contribution is -2.57. The van der Waals surface area contributed by atoms with Gasteiger partial charge in [0.05, 0.1) is 0 Å². The van der Waals surface area contributed by atoms with Crippen molar-refractivity contribution in [2.24, 2.45) is 22.2 Å². The van der Waals surface area contributed by atoms with Gasteiger partial charge in [-0.2, -0.15) is 0 Å². The Morgan fingerprint density at radius 3 is 1.17 bits per heavy atom. The molecule has 1 nitrogen and oxygen atoms in total. The summed E-state index contributed by atoms with van der Waals surface area (Å²) in [5.41, 5.74) is 1.13. The number of hydrogen-bond acceptors (Lipinski definition) is 1. The SMILES string of the molecule is CC(C)(C)C1CC(C(C)(C)C)NC(C(C)(C)C)C1. The Morgan fingerprint density at radius 1 is 0.611 bits per heavy atom. The molecule has 1 saturated heterocycles. The zero-order valence-electron chi connectivity index (χ0n) is 14.1. The van der Waals surface area contributed by atoms with Crippen molar-refractivity contribution in [2.75, 3.05) is 0 Å². The second-order valence-corrected chi connectivity index (χ2v) is 9.54. The molecule has 2 atom stereocenters. The van der Waals surface area contributed by atoms with Crippen molar-refractivity contribution in [3.8, 4) is 0 Å². The third-order valence-corrected chi connectivity index (χ3v) is 4.76. The summed E-state index contributed by atoms with van der Waals surface area (Å²) in [5.74, 6) is 0.826. The van der Waals surface area contributed by atoms with Crippen molar-refractivity contribution in [3.63, 3.8) is 0 Å². The molecule has 0 aromatic carbocycles. The molecule has 1 rings (SSSR count). The van der Waals surface area contributed by atoms with Crippen molar-refractivity contribution in [3.05, 3.63) is 0 Å². The molecule has 0 saturated carbocycles. The van der Waals surface area contributed by atoms with Gasteiger partial charge in [-0.05, 0) is 35.0 Å². The van der Waals surface area contributed by atoms with Crippen molar-refractivity contribution in [1.29, 1.82) is 0 Å². The maximum atomic E-state index is 3.94. The molecule has 1 N–H and O–H groups in total. The largest absolute Gasteiger partial charge is 0.310 e. The molecule has 1 heteroatoms. The molecular weight excluding hydrogens is 218 g/mol. The van der Waals surface area contributed by atoms with E-state index >= 15 is 0 Å². The zero-order valence-corrected chi connectivity index (χ0v) is 14.1. The van der Waals surface area contributed by atoms with Crippen LogP contribution in [0.4, 0.5) is 0 Å². The van der Waals surface area contributed by atoms with Gasteiger partial charge in [0, 0.05) is 12.1 Å². The van der Waals surface area contributed by atoms with Gasteiger partial charge in [0.25, 0.3) is 0 Å². The van der Waals surface area contributed by atoms with Gasteiger partial charge in [-0.3, -0.25) is 0 Å². The van der Waals surface area contributed by atoms with Crippen LogP contribution in [-0.2, 0) is 0 Å². The third kappa shape index (κ3) is 3.98. The van der Waals surface area contributed by atoms with Crippen LogP contribution >= 0.6 is 0 Å². The highest BCUT2D eigenvalue weighted by molar-refractivity contribution is 4.97. The van der Waals surface area contributed by atoms with Crippen molar-refractivity contribution < 1.29 is 0 Å². The second kappa shape index (κ2) is 4.81. The highest BCUT2D eigenvalue weighted by atomic mass is 15.0. The molecular formula is C17H35N. The van der Waals surface area contributed by atoms with Crippen LogP contribution < -0.4 is 5.32 Å². The minimum absolute atomic E-state index is 0.355. The van der Waals surface area contributed by atoms with E-state index in [1.165, 1.54) is 12.8 Å². The van der Waals surface area contributed by atoms with Gasteiger partial charge in [-0.1, -0.05) is 62.3 Å². The van der Waals surface area contributed by atoms with Crippen LogP contribution in [-0.4, -0.2) is 12.1 Å². The van der Waals surface area contributed by atoms with Gasteiger partial charge >= 0.3 is 0 Å². The molecule has 1 aliphatic rings. The summed E-state index contributed by atoms with van der Waals surface area (Å²) in [6.07, 6.45) is 2.64. The average molecular weight is 253 g/mol. The smallest absolute Gasteiger partial charge is 0.0121 e. The Kier molecular flexibility index (Phi) is 4.28. The normalized spacial score (nSPS) is 31.5. The average Bonchev–Trinajstić information content (AvgIpc) is 2.13. The van der Waals surface area contributed by atoms with E-state index < -0.39 is 0 Å². The maximum absolute atomic E-state index is 3.94. The number of rotatable bonds is 0. The van der Waals surface area contributed by atoms with E-state index in [4.69, 9.17) is 0 Å². The fourth-order valence-electron chi connectivity index (χ4n) is 2.96. The van der Waals surface area contributed by atoms with Gasteiger partial charge in [0.1, 0.15) is 0 Å². The van der Waals surface area contributed by atoms with E-state index in [9.17, 15) is 0 Å². The van der Waals surface area contributed by atoms with Gasteiger partial charge in [0.2, 0.25) is 0 Å². The lowest BCUT2D eigenvalue weighted by atomic mass is 9.64. The fourth-order valence-corrected chi connectivity index (χ4v) is 2.96. The molecule has 1 heterocycles. The summed E-state index contributed by atoms with van der Waals surface area (Å²) in [5, 5.41) is 3.94. The van der Waals surface area contributed by atoms with Crippen LogP contribution in [0.3, 0.4) is 0 Å². The van der Waals surface area contributed by atoms with E-state index in [2.05, 4.69) is 67.6 Å². The first-order chi connectivity index (χ1) is 7.82. The van der Waals surface area contributed by atoms with Crippen LogP contribution in [0, 0.1) is 22.2 Å². The molecule has 1 fully saturated rings. The molecule has 0 aromatic heterocycles. The van der Waals surface area contributed by atoms with E-state index in [0.29, 0.717) is 28.3 Å². The molecule has 0 aromatic rings. The molecule has 0 amide bonds. The predicted molar refractivity (Wildman–Crippen MR) is 81.8 cm³/mol. The van der Waals surface area contributed by atoms with Crippen LogP contribution in [0.2, 0.25) is 0 Å². The number of piperidine rings is 1. The summed E-state index contributed by atoms with van der Waals surface area (Å²) in [4.78, 5) is 0. The standard InChI is InChI=1S/C17H35N/c1-15(2,3)12-10-13(16(4,5)6)18-14(11-12)17(7,8)9/h12-14,18H,10-11H2,1-9H3. The van der Waals surface area contributed by atoms with Crippen molar-refractivity contribution >= 4 is 0 Å². The van der Waals surface area contributed by atoms with Gasteiger partial charge in [-0.15, -0.1) is 0 Å². The van der Waals surface area contributed by atoms with E-state index in [1.807, 2.05) is 0 Å². The molecule has 108 valence electrons. The van der Waals surface area contributed by atoms with E-state index in [-0.39, 0.29) is 0 Å². The fraction of sp³-hybridized carbons (Fsp3) is 1.00. The summed E-state index contributed by atoms with van der Waals surface area (Å²) >= 11 is 0. The zero-order chi connectivity index (χ0) is 14.4. The molecule has 2 unspecified atom stereocenters. The van der Waals surface area contributed by atoms with Crippen molar-refractivity contribution in [2.45, 2.75) is 87.2 Å². The molecule has 0 bridgehead atoms. The Morgan fingerprint density at radius 2 is 0.944 bits per heavy atom. The number of hydrogen-bond donors (Lipinski definition) is 1. The Hall–Kier alpha value is -0.0400. The highest BCUT2D eigenvalue weighted by Crippen LogP contribution is 2.43. The molecule has 0 aliphatic carbocycles. The summed E-state index contributed by atoms with van der Waals surface area (Å²) in [7, 11) is 0. The van der Waals surface area contributed by atoms with Gasteiger partial charge in [0.15, 0.2) is 0 Å². The minimum Gasteiger partial charge on any atom is -0.310 e. The molecule has 18 heavy (non-hydrogen) atoms. The maximum Gasteiger partial charge on any atom is 0.0121 e. The van der Waals surface area contributed by atoms with Gasteiger partial charge in [-0.25, -0.2) is 0 Å². The van der Waals surface area contributed by atoms with E-state index in [0.717, 1.165) is 5.92 Å². The third-order valence-electron chi connectivity index (χ3n) is 4.76. The second-order valence-electron chi connectivity index (χ2n) is 9.54. The topological polar surface area (TPSA) is 12.0 Å². The molecule has 0 radical (unpaired) electrons. The number of nitrogens with one attached hydrogen (secondary N) is 1. The lowest BCUT2D eigenvalue weighted by molar-refractivity contribution is 0.0512. The molecule has 0 spiro atoms. The summed E-state index contributed by atoms with van der Waals surface area (Å²) in [6.45, 7) is 21.4. The van der Waals surface area contributed by atoms with Crippen LogP contribution in [0.25, 0.3) is 0 Å². The summed E-state index contributed by atoms with van der Waals surface area (Å²) < 4.78 is 0. The monoisotopic (exact) mass is 253 g/mol. The minimum atomic E-state index is 0.355. The lowest BCUT2D eigenvalue weighted by Gasteiger charge is -2.50. The quantitative estimate of drug-likeness (QED) is 0.650. The Bertz CT molecular complexity index is 218. The first-order valence-electron chi connectivity index (χ1n) is 7.58. The van der Waals surface area contributed by atoms with E-state index in [1.54, 1.807) is 0 Å².